The lowest BCUT2D eigenvalue weighted by atomic mass is 10.2. The van der Waals surface area contributed by atoms with E-state index in [0.29, 0.717) is 11.5 Å². The van der Waals surface area contributed by atoms with Crippen LogP contribution in [0.15, 0.2) is 11.1 Å². The number of allylic oxidation sites excluding steroid dienone is 1. The highest BCUT2D eigenvalue weighted by Gasteiger charge is 2.19. The first-order valence-corrected chi connectivity index (χ1v) is 4.43. The Labute approximate surface area is 84.3 Å². The van der Waals surface area contributed by atoms with Crippen molar-refractivity contribution < 1.29 is 9.53 Å². The van der Waals surface area contributed by atoms with Crippen LogP contribution < -0.4 is 0 Å². The van der Waals surface area contributed by atoms with Gasteiger partial charge in [0, 0.05) is 5.03 Å². The van der Waals surface area contributed by atoms with E-state index in [0.717, 1.165) is 0 Å². The van der Waals surface area contributed by atoms with Crippen molar-refractivity contribution in [1.29, 1.82) is 0 Å². The Morgan fingerprint density at radius 2 is 2.15 bits per heavy atom. The Hall–Kier alpha value is -0.540. The second-order valence-corrected chi connectivity index (χ2v) is 3.63. The van der Waals surface area contributed by atoms with Crippen LogP contribution in [0.2, 0.25) is 0 Å². The van der Waals surface area contributed by atoms with Gasteiger partial charge in [0.25, 0.3) is 0 Å². The first-order chi connectivity index (χ1) is 5.99. The average molecular weight is 206 g/mol. The molecule has 0 N–H and O–H groups in total. The van der Waals surface area contributed by atoms with Gasteiger partial charge < -0.3 is 4.74 Å². The molecule has 0 saturated heterocycles. The van der Waals surface area contributed by atoms with E-state index >= 15 is 0 Å². The molecule has 0 aromatic rings. The summed E-state index contributed by atoms with van der Waals surface area (Å²) in [6, 6.07) is -0.251. The van der Waals surface area contributed by atoms with Crippen LogP contribution in [0.25, 0.3) is 0 Å². The summed E-state index contributed by atoms with van der Waals surface area (Å²) in [7, 11) is 5.05. The van der Waals surface area contributed by atoms with E-state index in [-0.39, 0.29) is 12.0 Å². The molecule has 0 heterocycles. The predicted octanol–water partition coefficient (Wildman–Crippen LogP) is 1.62. The van der Waals surface area contributed by atoms with Crippen molar-refractivity contribution in [3.8, 4) is 0 Å². The van der Waals surface area contributed by atoms with Gasteiger partial charge in [0.2, 0.25) is 0 Å². The number of esters is 1. The van der Waals surface area contributed by atoms with Crippen molar-refractivity contribution in [1.82, 2.24) is 4.90 Å². The van der Waals surface area contributed by atoms with Gasteiger partial charge in [0.15, 0.2) is 0 Å². The summed E-state index contributed by atoms with van der Waals surface area (Å²) in [6.45, 7) is 1.78. The van der Waals surface area contributed by atoms with Crippen molar-refractivity contribution in [2.75, 3.05) is 21.2 Å². The van der Waals surface area contributed by atoms with Crippen LogP contribution in [-0.2, 0) is 9.53 Å². The van der Waals surface area contributed by atoms with Crippen molar-refractivity contribution in [3.05, 3.63) is 11.1 Å². The lowest BCUT2D eigenvalue weighted by molar-refractivity contribution is -0.145. The number of rotatable bonds is 4. The molecule has 0 aliphatic carbocycles. The van der Waals surface area contributed by atoms with Crippen LogP contribution in [0.4, 0.5) is 0 Å². The largest absolute Gasteiger partial charge is 0.468 e. The van der Waals surface area contributed by atoms with Gasteiger partial charge in [-0.3, -0.25) is 9.69 Å². The zero-order valence-corrected chi connectivity index (χ0v) is 9.26. The van der Waals surface area contributed by atoms with Gasteiger partial charge in [0.1, 0.15) is 6.04 Å². The Morgan fingerprint density at radius 3 is 2.46 bits per heavy atom. The molecule has 0 bridgehead atoms. The molecule has 0 amide bonds. The summed E-state index contributed by atoms with van der Waals surface area (Å²) in [5.74, 6) is -0.237. The van der Waals surface area contributed by atoms with Crippen LogP contribution in [0, 0.1) is 0 Å². The number of hydrogen-bond donors (Lipinski definition) is 0. The first kappa shape index (κ1) is 12.5. The standard InChI is InChI=1S/C9H16ClNO2/c1-7(10)5-6-8(11(2)3)9(12)13-4/h5,8H,6H2,1-4H3/b7-5-. The highest BCUT2D eigenvalue weighted by atomic mass is 35.5. The van der Waals surface area contributed by atoms with Crippen molar-refractivity contribution in [3.63, 3.8) is 0 Å². The molecule has 0 spiro atoms. The Balaban J connectivity index is 4.27. The van der Waals surface area contributed by atoms with Crippen LogP contribution in [0.1, 0.15) is 13.3 Å². The normalized spacial score (nSPS) is 14.5. The summed E-state index contributed by atoms with van der Waals surface area (Å²) < 4.78 is 4.65. The molecule has 0 rings (SSSR count). The monoisotopic (exact) mass is 205 g/mol. The molecule has 0 aromatic heterocycles. The number of ether oxygens (including phenoxy) is 1. The highest BCUT2D eigenvalue weighted by molar-refractivity contribution is 6.29. The molecule has 0 aliphatic heterocycles. The zero-order chi connectivity index (χ0) is 10.4. The minimum absolute atomic E-state index is 0.237. The second kappa shape index (κ2) is 6.00. The van der Waals surface area contributed by atoms with Crippen molar-refractivity contribution in [2.24, 2.45) is 0 Å². The van der Waals surface area contributed by atoms with E-state index in [1.807, 2.05) is 25.1 Å². The van der Waals surface area contributed by atoms with Gasteiger partial charge in [-0.1, -0.05) is 17.7 Å². The topological polar surface area (TPSA) is 29.5 Å². The van der Waals surface area contributed by atoms with Crippen LogP contribution >= 0.6 is 11.6 Å². The van der Waals surface area contributed by atoms with E-state index in [9.17, 15) is 4.79 Å². The Kier molecular flexibility index (Phi) is 5.75. The molecule has 0 radical (unpaired) electrons. The molecule has 0 aromatic carbocycles. The molecule has 0 fully saturated rings. The molecule has 0 aliphatic rings. The summed E-state index contributed by atoms with van der Waals surface area (Å²) in [4.78, 5) is 13.0. The van der Waals surface area contributed by atoms with Crippen LogP contribution in [-0.4, -0.2) is 38.1 Å². The molecule has 76 valence electrons. The predicted molar refractivity (Wildman–Crippen MR) is 53.7 cm³/mol. The van der Waals surface area contributed by atoms with Gasteiger partial charge in [-0.05, 0) is 27.4 Å². The highest BCUT2D eigenvalue weighted by Crippen LogP contribution is 2.07. The number of likely N-dealkylation sites (N-methyl/N-ethyl adjacent to an activating group) is 1. The van der Waals surface area contributed by atoms with E-state index in [4.69, 9.17) is 11.6 Å². The summed E-state index contributed by atoms with van der Waals surface area (Å²) in [5, 5.41) is 0.691. The summed E-state index contributed by atoms with van der Waals surface area (Å²) >= 11 is 5.66. The maximum absolute atomic E-state index is 11.2. The molecule has 13 heavy (non-hydrogen) atoms. The van der Waals surface area contributed by atoms with E-state index < -0.39 is 0 Å². The third-order valence-electron chi connectivity index (χ3n) is 1.72. The fourth-order valence-electron chi connectivity index (χ4n) is 0.928. The summed E-state index contributed by atoms with van der Waals surface area (Å²) in [5.41, 5.74) is 0. The lowest BCUT2D eigenvalue weighted by Crippen LogP contribution is -2.36. The number of halogens is 1. The van der Waals surface area contributed by atoms with E-state index in [1.165, 1.54) is 7.11 Å². The van der Waals surface area contributed by atoms with E-state index in [1.54, 1.807) is 6.92 Å². The molecule has 1 unspecified atom stereocenters. The number of nitrogens with zero attached hydrogens (tertiary/aromatic N) is 1. The quantitative estimate of drug-likeness (QED) is 0.654. The van der Waals surface area contributed by atoms with Crippen LogP contribution in [0.3, 0.4) is 0 Å². The van der Waals surface area contributed by atoms with Gasteiger partial charge in [0.05, 0.1) is 7.11 Å². The average Bonchev–Trinajstić information content (AvgIpc) is 2.03. The number of methoxy groups -OCH3 is 1. The molecule has 0 saturated carbocycles. The van der Waals surface area contributed by atoms with Gasteiger partial charge in [-0.2, -0.15) is 0 Å². The molecule has 3 nitrogen and oxygen atoms in total. The molecule has 4 heteroatoms. The fraction of sp³-hybridized carbons (Fsp3) is 0.667. The SMILES string of the molecule is COC(=O)C(C/C=C(/C)Cl)N(C)C. The third-order valence-corrected chi connectivity index (χ3v) is 1.87. The number of hydrogen-bond acceptors (Lipinski definition) is 3. The van der Waals surface area contributed by atoms with Crippen molar-refractivity contribution >= 4 is 17.6 Å². The Bertz CT molecular complexity index is 198. The second-order valence-electron chi connectivity index (χ2n) is 3.03. The zero-order valence-electron chi connectivity index (χ0n) is 8.50. The first-order valence-electron chi connectivity index (χ1n) is 4.05. The van der Waals surface area contributed by atoms with Gasteiger partial charge in [-0.25, -0.2) is 0 Å². The Morgan fingerprint density at radius 1 is 1.62 bits per heavy atom. The number of carbonyl (C=O) groups excluding carboxylic acids is 1. The molecular weight excluding hydrogens is 190 g/mol. The lowest BCUT2D eigenvalue weighted by Gasteiger charge is -2.20. The number of carbonyl (C=O) groups is 1. The van der Waals surface area contributed by atoms with Gasteiger partial charge in [-0.15, -0.1) is 0 Å². The minimum atomic E-state index is -0.251. The smallest absolute Gasteiger partial charge is 0.323 e. The van der Waals surface area contributed by atoms with E-state index in [2.05, 4.69) is 4.74 Å². The van der Waals surface area contributed by atoms with Crippen molar-refractivity contribution in [2.45, 2.75) is 19.4 Å². The van der Waals surface area contributed by atoms with Gasteiger partial charge >= 0.3 is 5.97 Å². The molecule has 1 atom stereocenters. The fourth-order valence-corrected chi connectivity index (χ4v) is 1.02. The maximum atomic E-state index is 11.2. The third kappa shape index (κ3) is 4.90. The maximum Gasteiger partial charge on any atom is 0.323 e. The van der Waals surface area contributed by atoms with Crippen LogP contribution in [0.5, 0.6) is 0 Å². The summed E-state index contributed by atoms with van der Waals surface area (Å²) in [6.07, 6.45) is 2.39. The molecular formula is C9H16ClNO2. The minimum Gasteiger partial charge on any atom is -0.468 e.